The van der Waals surface area contributed by atoms with Crippen molar-refractivity contribution in [3.8, 4) is 0 Å². The molecule has 1 aliphatic carbocycles. The number of nitrogens with one attached hydrogen (secondary N) is 2. The Morgan fingerprint density at radius 1 is 1.20 bits per heavy atom. The molecule has 20 heavy (non-hydrogen) atoms. The monoisotopic (exact) mass is 280 g/mol. The Morgan fingerprint density at radius 2 is 1.90 bits per heavy atom. The fraction of sp³-hybridized carbons (Fsp3) is 0.429. The third-order valence-corrected chi connectivity index (χ3v) is 3.55. The Balaban J connectivity index is 2.03. The van der Waals surface area contributed by atoms with Gasteiger partial charge in [-0.3, -0.25) is 0 Å². The smallest absolute Gasteiger partial charge is 0.329 e. The van der Waals surface area contributed by atoms with Crippen LogP contribution in [0.25, 0.3) is 0 Å². The third kappa shape index (κ3) is 3.26. The van der Waals surface area contributed by atoms with Gasteiger partial charge in [0.25, 0.3) is 0 Å². The summed E-state index contributed by atoms with van der Waals surface area (Å²) in [5, 5.41) is 14.3. The van der Waals surface area contributed by atoms with Crippen molar-refractivity contribution in [3.05, 3.63) is 30.1 Å². The topological polar surface area (TPSA) is 78.4 Å². The highest BCUT2D eigenvalue weighted by molar-refractivity contribution is 5.93. The van der Waals surface area contributed by atoms with Gasteiger partial charge in [-0.1, -0.05) is 25.3 Å². The maximum absolute atomic E-state index is 13.0. The van der Waals surface area contributed by atoms with E-state index in [1.807, 2.05) is 0 Å². The standard InChI is InChI=1S/C14H17FN2O3/c15-10-5-4-6-11(9-10)16-13(20)17-14(12(18)19)7-2-1-3-8-14/h4-6,9H,1-3,7-8H2,(H,18,19)(H2,16,17,20). The zero-order chi connectivity index (χ0) is 14.6. The second kappa shape index (κ2) is 5.90. The molecule has 1 fully saturated rings. The zero-order valence-electron chi connectivity index (χ0n) is 11.0. The molecule has 2 rings (SSSR count). The molecule has 0 atom stereocenters. The number of hydrogen-bond acceptors (Lipinski definition) is 2. The van der Waals surface area contributed by atoms with Gasteiger partial charge in [0.15, 0.2) is 0 Å². The average Bonchev–Trinajstić information content (AvgIpc) is 2.39. The molecule has 0 unspecified atom stereocenters. The summed E-state index contributed by atoms with van der Waals surface area (Å²) in [6.07, 6.45) is 3.35. The first-order valence-electron chi connectivity index (χ1n) is 6.60. The van der Waals surface area contributed by atoms with Crippen LogP contribution in [-0.4, -0.2) is 22.6 Å². The summed E-state index contributed by atoms with van der Waals surface area (Å²) in [4.78, 5) is 23.3. The van der Waals surface area contributed by atoms with Gasteiger partial charge in [0.1, 0.15) is 11.4 Å². The van der Waals surface area contributed by atoms with Crippen molar-refractivity contribution >= 4 is 17.7 Å². The molecule has 1 aromatic rings. The molecule has 1 saturated carbocycles. The molecule has 6 heteroatoms. The van der Waals surface area contributed by atoms with Gasteiger partial charge < -0.3 is 15.7 Å². The van der Waals surface area contributed by atoms with Crippen molar-refractivity contribution in [1.82, 2.24) is 5.32 Å². The van der Waals surface area contributed by atoms with E-state index in [4.69, 9.17) is 0 Å². The number of aliphatic carboxylic acids is 1. The van der Waals surface area contributed by atoms with Crippen LogP contribution in [0.4, 0.5) is 14.9 Å². The molecule has 0 heterocycles. The van der Waals surface area contributed by atoms with E-state index < -0.39 is 23.4 Å². The van der Waals surface area contributed by atoms with Crippen LogP contribution in [0.5, 0.6) is 0 Å². The fourth-order valence-corrected chi connectivity index (χ4v) is 2.49. The number of amides is 2. The second-order valence-corrected chi connectivity index (χ2v) is 5.04. The molecule has 0 aliphatic heterocycles. The van der Waals surface area contributed by atoms with Crippen molar-refractivity contribution in [2.24, 2.45) is 0 Å². The summed E-state index contributed by atoms with van der Waals surface area (Å²) >= 11 is 0. The lowest BCUT2D eigenvalue weighted by Gasteiger charge is -2.33. The number of carboxylic acids is 1. The van der Waals surface area contributed by atoms with Gasteiger partial charge in [0, 0.05) is 5.69 Å². The van der Waals surface area contributed by atoms with Crippen molar-refractivity contribution in [2.45, 2.75) is 37.6 Å². The Kier molecular flexibility index (Phi) is 4.22. The molecular weight excluding hydrogens is 263 g/mol. The molecule has 0 radical (unpaired) electrons. The highest BCUT2D eigenvalue weighted by Crippen LogP contribution is 2.28. The largest absolute Gasteiger partial charge is 0.480 e. The maximum atomic E-state index is 13.0. The van der Waals surface area contributed by atoms with Crippen molar-refractivity contribution in [3.63, 3.8) is 0 Å². The van der Waals surface area contributed by atoms with Crippen LogP contribution in [0.1, 0.15) is 32.1 Å². The number of hydrogen-bond donors (Lipinski definition) is 3. The summed E-state index contributed by atoms with van der Waals surface area (Å²) in [6, 6.07) is 4.83. The summed E-state index contributed by atoms with van der Waals surface area (Å²) in [5.74, 6) is -1.49. The van der Waals surface area contributed by atoms with Gasteiger partial charge in [0.05, 0.1) is 0 Å². The van der Waals surface area contributed by atoms with Crippen LogP contribution < -0.4 is 10.6 Å². The minimum atomic E-state index is -1.21. The average molecular weight is 280 g/mol. The van der Waals surface area contributed by atoms with Crippen molar-refractivity contribution in [1.29, 1.82) is 0 Å². The lowest BCUT2D eigenvalue weighted by Crippen LogP contribution is -2.56. The van der Waals surface area contributed by atoms with E-state index in [1.54, 1.807) is 0 Å². The van der Waals surface area contributed by atoms with Crippen LogP contribution >= 0.6 is 0 Å². The van der Waals surface area contributed by atoms with E-state index in [1.165, 1.54) is 24.3 Å². The summed E-state index contributed by atoms with van der Waals surface area (Å²) < 4.78 is 13.0. The van der Waals surface area contributed by atoms with E-state index in [0.717, 1.165) is 19.3 Å². The van der Waals surface area contributed by atoms with Crippen LogP contribution in [0, 0.1) is 5.82 Å². The molecule has 2 amide bonds. The van der Waals surface area contributed by atoms with Crippen molar-refractivity contribution in [2.75, 3.05) is 5.32 Å². The summed E-state index contributed by atoms with van der Waals surface area (Å²) in [6.45, 7) is 0. The molecule has 5 nitrogen and oxygen atoms in total. The number of urea groups is 1. The van der Waals surface area contributed by atoms with Crippen LogP contribution in [0.15, 0.2) is 24.3 Å². The van der Waals surface area contributed by atoms with E-state index in [-0.39, 0.29) is 0 Å². The number of anilines is 1. The Morgan fingerprint density at radius 3 is 2.50 bits per heavy atom. The summed E-state index contributed by atoms with van der Waals surface area (Å²) in [5.41, 5.74) is -0.922. The van der Waals surface area contributed by atoms with E-state index >= 15 is 0 Å². The lowest BCUT2D eigenvalue weighted by molar-refractivity contribution is -0.145. The van der Waals surface area contributed by atoms with Crippen LogP contribution in [0.3, 0.4) is 0 Å². The quantitative estimate of drug-likeness (QED) is 0.796. The van der Waals surface area contributed by atoms with E-state index in [2.05, 4.69) is 10.6 Å². The van der Waals surface area contributed by atoms with Gasteiger partial charge in [-0.15, -0.1) is 0 Å². The van der Waals surface area contributed by atoms with Crippen LogP contribution in [-0.2, 0) is 4.79 Å². The third-order valence-electron chi connectivity index (χ3n) is 3.55. The second-order valence-electron chi connectivity index (χ2n) is 5.04. The SMILES string of the molecule is O=C(Nc1cccc(F)c1)NC1(C(=O)O)CCCCC1. The van der Waals surface area contributed by atoms with Gasteiger partial charge in [0.2, 0.25) is 0 Å². The van der Waals surface area contributed by atoms with Crippen molar-refractivity contribution < 1.29 is 19.1 Å². The molecule has 0 aromatic heterocycles. The Bertz CT molecular complexity index is 513. The minimum Gasteiger partial charge on any atom is -0.480 e. The van der Waals surface area contributed by atoms with Gasteiger partial charge >= 0.3 is 12.0 Å². The number of carbonyl (C=O) groups is 2. The minimum absolute atomic E-state index is 0.291. The maximum Gasteiger partial charge on any atom is 0.329 e. The number of carbonyl (C=O) groups excluding carboxylic acids is 1. The fourth-order valence-electron chi connectivity index (χ4n) is 2.49. The molecule has 1 aliphatic rings. The molecule has 1 aromatic carbocycles. The summed E-state index contributed by atoms with van der Waals surface area (Å²) in [7, 11) is 0. The number of halogens is 1. The van der Waals surface area contributed by atoms with E-state index in [0.29, 0.717) is 18.5 Å². The Labute approximate surface area is 116 Å². The molecule has 3 N–H and O–H groups in total. The molecule has 0 bridgehead atoms. The molecular formula is C14H17FN2O3. The first-order chi connectivity index (χ1) is 9.52. The number of rotatable bonds is 3. The normalized spacial score (nSPS) is 17.2. The molecule has 0 saturated heterocycles. The van der Waals surface area contributed by atoms with Crippen LogP contribution in [0.2, 0.25) is 0 Å². The predicted octanol–water partition coefficient (Wildman–Crippen LogP) is 2.73. The first kappa shape index (κ1) is 14.3. The number of benzene rings is 1. The predicted molar refractivity (Wildman–Crippen MR) is 72.0 cm³/mol. The first-order valence-corrected chi connectivity index (χ1v) is 6.60. The molecule has 0 spiro atoms. The highest BCUT2D eigenvalue weighted by atomic mass is 19.1. The zero-order valence-corrected chi connectivity index (χ0v) is 11.0. The van der Waals surface area contributed by atoms with Gasteiger partial charge in [-0.25, -0.2) is 14.0 Å². The highest BCUT2D eigenvalue weighted by Gasteiger charge is 2.40. The molecule has 108 valence electrons. The van der Waals surface area contributed by atoms with E-state index in [9.17, 15) is 19.1 Å². The number of carboxylic acid groups (broad SMARTS) is 1. The lowest BCUT2D eigenvalue weighted by atomic mass is 9.82. The van der Waals surface area contributed by atoms with Gasteiger partial charge in [-0.2, -0.15) is 0 Å². The Hall–Kier alpha value is -2.11. The van der Waals surface area contributed by atoms with Gasteiger partial charge in [-0.05, 0) is 31.0 Å².